The number of aliphatic hydroxyl groups excluding tert-OH is 2. The Morgan fingerprint density at radius 1 is 0.429 bits per heavy atom. The highest BCUT2D eigenvalue weighted by Crippen LogP contribution is 2.27. The maximum atomic E-state index is 13.2. The van der Waals surface area contributed by atoms with Gasteiger partial charge in [0, 0.05) is 19.3 Å². The van der Waals surface area contributed by atoms with Gasteiger partial charge in [-0.2, -0.15) is 0 Å². The number of allylic oxidation sites excluding steroid dienone is 6. The van der Waals surface area contributed by atoms with E-state index in [1.165, 1.54) is 167 Å². The van der Waals surface area contributed by atoms with Crippen molar-refractivity contribution in [1.29, 1.82) is 0 Å². The predicted molar refractivity (Wildman–Crippen MR) is 313 cm³/mol. The molecule has 6 atom stereocenters. The average molecular weight is 1090 g/mol. The minimum Gasteiger partial charge on any atom is -0.479 e. The third-order valence-electron chi connectivity index (χ3n) is 14.7. The molecule has 1 aliphatic heterocycles. The SMILES string of the molecule is CCCCC/C=C\C/C=C\CCCCCCCCCCCC(=O)OCC(COC1OC(C(=O)O)C(O)C(O)C1OC(=O)CCCCCCCCCCC)OC(=O)CCCCCCCCCCC/C=C\CCCCCCCC. The Labute approximate surface area is 470 Å². The van der Waals surface area contributed by atoms with Crippen molar-refractivity contribution in [2.45, 2.75) is 340 Å². The van der Waals surface area contributed by atoms with Crippen molar-refractivity contribution < 1.29 is 58.2 Å². The zero-order valence-electron chi connectivity index (χ0n) is 49.5. The van der Waals surface area contributed by atoms with Crippen LogP contribution in [0.4, 0.5) is 0 Å². The van der Waals surface area contributed by atoms with E-state index in [4.69, 9.17) is 23.7 Å². The van der Waals surface area contributed by atoms with Gasteiger partial charge in [-0.3, -0.25) is 14.4 Å². The van der Waals surface area contributed by atoms with E-state index in [0.29, 0.717) is 19.3 Å². The molecule has 0 aromatic heterocycles. The van der Waals surface area contributed by atoms with Gasteiger partial charge in [-0.1, -0.05) is 243 Å². The molecule has 0 bridgehead atoms. The van der Waals surface area contributed by atoms with Crippen molar-refractivity contribution in [2.24, 2.45) is 0 Å². The van der Waals surface area contributed by atoms with Crippen LogP contribution in [0.3, 0.4) is 0 Å². The van der Waals surface area contributed by atoms with Crippen molar-refractivity contribution in [3.8, 4) is 0 Å². The zero-order chi connectivity index (χ0) is 56.1. The maximum absolute atomic E-state index is 13.2. The van der Waals surface area contributed by atoms with Crippen molar-refractivity contribution in [3.63, 3.8) is 0 Å². The van der Waals surface area contributed by atoms with E-state index in [1.807, 2.05) is 0 Å². The van der Waals surface area contributed by atoms with Gasteiger partial charge in [-0.05, 0) is 77.0 Å². The molecule has 0 saturated carbocycles. The Balaban J connectivity index is 2.61. The number of hydrogen-bond acceptors (Lipinski definition) is 11. The lowest BCUT2D eigenvalue weighted by molar-refractivity contribution is -0.301. The molecule has 1 fully saturated rings. The van der Waals surface area contributed by atoms with Crippen LogP contribution in [0, 0.1) is 0 Å². The summed E-state index contributed by atoms with van der Waals surface area (Å²) in [5.74, 6) is -3.10. The average Bonchev–Trinajstić information content (AvgIpc) is 3.42. The number of carboxylic acids is 1. The summed E-state index contributed by atoms with van der Waals surface area (Å²) in [6.45, 7) is 5.96. The first-order chi connectivity index (χ1) is 37.6. The van der Waals surface area contributed by atoms with Crippen molar-refractivity contribution >= 4 is 23.9 Å². The Hall–Kier alpha value is -3.06. The fourth-order valence-electron chi connectivity index (χ4n) is 9.75. The minimum absolute atomic E-state index is 0.0636. The Kier molecular flexibility index (Phi) is 50.1. The van der Waals surface area contributed by atoms with Gasteiger partial charge in [0.25, 0.3) is 0 Å². The lowest BCUT2D eigenvalue weighted by atomic mass is 9.98. The molecular formula is C65H116O12. The van der Waals surface area contributed by atoms with E-state index in [2.05, 4.69) is 57.2 Å². The van der Waals surface area contributed by atoms with Crippen LogP contribution in [0.5, 0.6) is 0 Å². The van der Waals surface area contributed by atoms with Crippen LogP contribution < -0.4 is 0 Å². The van der Waals surface area contributed by atoms with Gasteiger partial charge in [0.1, 0.15) is 18.8 Å². The van der Waals surface area contributed by atoms with Crippen LogP contribution in [0.15, 0.2) is 36.5 Å². The molecular weight excluding hydrogens is 973 g/mol. The third-order valence-corrected chi connectivity index (χ3v) is 14.7. The lowest BCUT2D eigenvalue weighted by Gasteiger charge is -2.40. The van der Waals surface area contributed by atoms with Gasteiger partial charge in [-0.15, -0.1) is 0 Å². The molecule has 6 unspecified atom stereocenters. The molecule has 0 aromatic rings. The van der Waals surface area contributed by atoms with Crippen molar-refractivity contribution in [2.75, 3.05) is 13.2 Å². The predicted octanol–water partition coefficient (Wildman–Crippen LogP) is 16.8. The van der Waals surface area contributed by atoms with E-state index in [9.17, 15) is 34.5 Å². The molecule has 0 spiro atoms. The van der Waals surface area contributed by atoms with Crippen LogP contribution >= 0.6 is 0 Å². The summed E-state index contributed by atoms with van der Waals surface area (Å²) in [7, 11) is 0. The normalized spacial score (nSPS) is 18.2. The van der Waals surface area contributed by atoms with Crippen molar-refractivity contribution in [3.05, 3.63) is 36.5 Å². The van der Waals surface area contributed by atoms with Crippen LogP contribution in [-0.4, -0.2) is 89.2 Å². The number of carbonyl (C=O) groups excluding carboxylic acids is 3. The smallest absolute Gasteiger partial charge is 0.335 e. The Bertz CT molecular complexity index is 1480. The number of unbranched alkanes of at least 4 members (excludes halogenated alkanes) is 35. The second kappa shape index (κ2) is 53.6. The molecule has 12 nitrogen and oxygen atoms in total. The molecule has 1 saturated heterocycles. The first-order valence-corrected chi connectivity index (χ1v) is 32.0. The number of rotatable bonds is 55. The molecule has 0 aromatic carbocycles. The fraction of sp³-hybridized carbons (Fsp3) is 0.846. The lowest BCUT2D eigenvalue weighted by Crippen LogP contribution is -2.61. The number of carbonyl (C=O) groups is 4. The second-order valence-corrected chi connectivity index (χ2v) is 22.0. The highest BCUT2D eigenvalue weighted by atomic mass is 16.7. The van der Waals surface area contributed by atoms with Crippen LogP contribution in [0.25, 0.3) is 0 Å². The van der Waals surface area contributed by atoms with Gasteiger partial charge in [-0.25, -0.2) is 4.79 Å². The summed E-state index contributed by atoms with van der Waals surface area (Å²) < 4.78 is 28.5. The monoisotopic (exact) mass is 1090 g/mol. The van der Waals surface area contributed by atoms with Gasteiger partial charge in [0.2, 0.25) is 0 Å². The molecule has 3 N–H and O–H groups in total. The first-order valence-electron chi connectivity index (χ1n) is 32.0. The standard InChI is InChI=1S/C65H116O12/c1-4-7-10-13-16-19-21-23-25-27-29-31-33-35-37-40-42-45-48-51-57(66)73-54-56(75-58(67)52-49-46-44-41-38-36-34-32-30-28-26-24-22-20-17-14-11-8-5-2)55-74-65-63(61(70)60(69)62(77-65)64(71)72)76-59(68)53-50-47-43-39-18-15-12-9-6-3/h16,19,23-26,56,60-63,65,69-70H,4-15,17-18,20-22,27-55H2,1-3H3,(H,71,72)/b19-16-,25-23-,26-24-. The molecule has 0 radical (unpaired) electrons. The first kappa shape index (κ1) is 72.0. The Morgan fingerprint density at radius 3 is 1.21 bits per heavy atom. The molecule has 0 aliphatic carbocycles. The second-order valence-electron chi connectivity index (χ2n) is 22.0. The molecule has 12 heteroatoms. The number of hydrogen-bond donors (Lipinski definition) is 3. The highest BCUT2D eigenvalue weighted by molar-refractivity contribution is 5.74. The van der Waals surface area contributed by atoms with E-state index >= 15 is 0 Å². The summed E-state index contributed by atoms with van der Waals surface area (Å²) >= 11 is 0. The number of esters is 3. The summed E-state index contributed by atoms with van der Waals surface area (Å²) in [5.41, 5.74) is 0. The molecule has 1 aliphatic rings. The molecule has 1 rings (SSSR count). The fourth-order valence-corrected chi connectivity index (χ4v) is 9.75. The number of aliphatic hydroxyl groups is 2. The van der Waals surface area contributed by atoms with Gasteiger partial charge in [0.05, 0.1) is 6.61 Å². The summed E-state index contributed by atoms with van der Waals surface area (Å²) in [6.07, 6.45) is 51.2. The summed E-state index contributed by atoms with van der Waals surface area (Å²) in [5, 5.41) is 31.4. The maximum Gasteiger partial charge on any atom is 0.335 e. The summed E-state index contributed by atoms with van der Waals surface area (Å²) in [4.78, 5) is 51.1. The molecule has 77 heavy (non-hydrogen) atoms. The van der Waals surface area contributed by atoms with E-state index in [1.54, 1.807) is 0 Å². The number of carboxylic acid groups (broad SMARTS) is 1. The third kappa shape index (κ3) is 43.4. The molecule has 0 amide bonds. The molecule has 448 valence electrons. The highest BCUT2D eigenvalue weighted by Gasteiger charge is 2.50. The van der Waals surface area contributed by atoms with Crippen LogP contribution in [0.1, 0.15) is 303 Å². The molecule has 1 heterocycles. The van der Waals surface area contributed by atoms with Gasteiger partial charge < -0.3 is 39.0 Å². The zero-order valence-corrected chi connectivity index (χ0v) is 49.5. The van der Waals surface area contributed by atoms with Crippen LogP contribution in [-0.2, 0) is 42.9 Å². The van der Waals surface area contributed by atoms with Crippen molar-refractivity contribution in [1.82, 2.24) is 0 Å². The van der Waals surface area contributed by atoms with Gasteiger partial charge in [0.15, 0.2) is 24.6 Å². The van der Waals surface area contributed by atoms with E-state index in [0.717, 1.165) is 77.0 Å². The Morgan fingerprint density at radius 2 is 0.779 bits per heavy atom. The number of ether oxygens (including phenoxy) is 5. The minimum atomic E-state index is -1.90. The van der Waals surface area contributed by atoms with E-state index < -0.39 is 67.3 Å². The summed E-state index contributed by atoms with van der Waals surface area (Å²) in [6, 6.07) is 0. The largest absolute Gasteiger partial charge is 0.479 e. The topological polar surface area (TPSA) is 175 Å². The van der Waals surface area contributed by atoms with E-state index in [-0.39, 0.29) is 25.9 Å². The van der Waals surface area contributed by atoms with Crippen LogP contribution in [0.2, 0.25) is 0 Å². The number of aliphatic carboxylic acids is 1. The quantitative estimate of drug-likeness (QED) is 0.0228. The van der Waals surface area contributed by atoms with Gasteiger partial charge >= 0.3 is 23.9 Å².